The van der Waals surface area contributed by atoms with Gasteiger partial charge in [0, 0.05) is 29.7 Å². The number of carbonyl (C=O) groups is 1. The first-order chi connectivity index (χ1) is 9.16. The van der Waals surface area contributed by atoms with Crippen LogP contribution in [0.15, 0.2) is 36.7 Å². The summed E-state index contributed by atoms with van der Waals surface area (Å²) in [5, 5.41) is 10.4. The predicted octanol–water partition coefficient (Wildman–Crippen LogP) is 2.46. The minimum absolute atomic E-state index is 0.135. The molecule has 0 aliphatic heterocycles. The standard InChI is InChI=1S/C14H14N4O/c1-9-7-15-17-13(9)16-14(19)11-8-18(2)12-6-4-3-5-10(11)12/h3-8H,1-2H3,(H2,15,16,17,19). The van der Waals surface area contributed by atoms with Crippen LogP contribution < -0.4 is 5.32 Å². The van der Waals surface area contributed by atoms with Gasteiger partial charge in [-0.2, -0.15) is 5.10 Å². The lowest BCUT2D eigenvalue weighted by Gasteiger charge is -2.02. The average Bonchev–Trinajstić information content (AvgIpc) is 2.95. The Balaban J connectivity index is 2.01. The Kier molecular flexibility index (Phi) is 2.59. The van der Waals surface area contributed by atoms with E-state index in [-0.39, 0.29) is 5.91 Å². The first-order valence-electron chi connectivity index (χ1n) is 6.02. The SMILES string of the molecule is Cc1cn[nH]c1NC(=O)c1cn(C)c2ccccc12. The number of benzene rings is 1. The first kappa shape index (κ1) is 11.5. The molecule has 3 aromatic rings. The number of anilines is 1. The van der Waals surface area contributed by atoms with Crippen molar-refractivity contribution in [2.24, 2.45) is 7.05 Å². The third-order valence-corrected chi connectivity index (χ3v) is 3.21. The molecule has 0 fully saturated rings. The number of hydrogen-bond donors (Lipinski definition) is 2. The largest absolute Gasteiger partial charge is 0.350 e. The van der Waals surface area contributed by atoms with Crippen molar-refractivity contribution in [2.75, 3.05) is 5.32 Å². The monoisotopic (exact) mass is 254 g/mol. The summed E-state index contributed by atoms with van der Waals surface area (Å²) in [5.74, 6) is 0.502. The van der Waals surface area contributed by atoms with Crippen molar-refractivity contribution in [1.29, 1.82) is 0 Å². The van der Waals surface area contributed by atoms with Crippen LogP contribution in [0.1, 0.15) is 15.9 Å². The highest BCUT2D eigenvalue weighted by molar-refractivity contribution is 6.12. The summed E-state index contributed by atoms with van der Waals surface area (Å²) >= 11 is 0. The molecule has 96 valence electrons. The lowest BCUT2D eigenvalue weighted by atomic mass is 10.1. The number of aromatic nitrogens is 3. The summed E-state index contributed by atoms with van der Waals surface area (Å²) in [6, 6.07) is 7.83. The maximum atomic E-state index is 12.3. The summed E-state index contributed by atoms with van der Waals surface area (Å²) in [4.78, 5) is 12.3. The molecule has 0 unspecified atom stereocenters. The molecule has 0 radical (unpaired) electrons. The predicted molar refractivity (Wildman–Crippen MR) is 74.2 cm³/mol. The number of hydrogen-bond acceptors (Lipinski definition) is 2. The van der Waals surface area contributed by atoms with Crippen LogP contribution in [0.3, 0.4) is 0 Å². The molecule has 19 heavy (non-hydrogen) atoms. The summed E-state index contributed by atoms with van der Waals surface area (Å²) in [6.07, 6.45) is 3.52. The second-order valence-corrected chi connectivity index (χ2v) is 4.55. The number of rotatable bonds is 2. The molecule has 0 aliphatic carbocycles. The zero-order valence-corrected chi connectivity index (χ0v) is 10.8. The third kappa shape index (κ3) is 1.89. The van der Waals surface area contributed by atoms with Gasteiger partial charge < -0.3 is 9.88 Å². The molecule has 0 bridgehead atoms. The van der Waals surface area contributed by atoms with Crippen molar-refractivity contribution in [1.82, 2.24) is 14.8 Å². The number of nitrogens with one attached hydrogen (secondary N) is 2. The topological polar surface area (TPSA) is 62.7 Å². The number of para-hydroxylation sites is 1. The molecule has 0 atom stereocenters. The Morgan fingerprint density at radius 1 is 1.37 bits per heavy atom. The molecule has 0 saturated heterocycles. The van der Waals surface area contributed by atoms with Gasteiger partial charge in [-0.1, -0.05) is 18.2 Å². The van der Waals surface area contributed by atoms with E-state index in [4.69, 9.17) is 0 Å². The number of aryl methyl sites for hydroxylation is 2. The molecule has 5 nitrogen and oxygen atoms in total. The van der Waals surface area contributed by atoms with Gasteiger partial charge in [0.1, 0.15) is 5.82 Å². The second-order valence-electron chi connectivity index (χ2n) is 4.55. The number of aromatic amines is 1. The van der Waals surface area contributed by atoms with Crippen molar-refractivity contribution >= 4 is 22.6 Å². The molecule has 1 amide bonds. The van der Waals surface area contributed by atoms with Crippen molar-refractivity contribution in [2.45, 2.75) is 6.92 Å². The normalized spacial score (nSPS) is 10.8. The van der Waals surface area contributed by atoms with Gasteiger partial charge in [0.05, 0.1) is 11.8 Å². The quantitative estimate of drug-likeness (QED) is 0.738. The van der Waals surface area contributed by atoms with Gasteiger partial charge in [-0.15, -0.1) is 0 Å². The molecule has 2 aromatic heterocycles. The highest BCUT2D eigenvalue weighted by Crippen LogP contribution is 2.21. The van der Waals surface area contributed by atoms with Crippen LogP contribution in [0, 0.1) is 6.92 Å². The number of carbonyl (C=O) groups excluding carboxylic acids is 1. The van der Waals surface area contributed by atoms with Crippen molar-refractivity contribution in [3.63, 3.8) is 0 Å². The molecule has 0 spiro atoms. The number of H-pyrrole nitrogens is 1. The zero-order chi connectivity index (χ0) is 13.4. The molecule has 2 heterocycles. The summed E-state index contributed by atoms with van der Waals surface area (Å²) in [6.45, 7) is 1.89. The molecule has 1 aromatic carbocycles. The average molecular weight is 254 g/mol. The highest BCUT2D eigenvalue weighted by Gasteiger charge is 2.14. The van der Waals surface area contributed by atoms with E-state index in [0.29, 0.717) is 11.4 Å². The maximum absolute atomic E-state index is 12.3. The molecular weight excluding hydrogens is 240 g/mol. The van der Waals surface area contributed by atoms with Gasteiger partial charge in [-0.3, -0.25) is 9.89 Å². The van der Waals surface area contributed by atoms with Crippen LogP contribution >= 0.6 is 0 Å². The number of amides is 1. The van der Waals surface area contributed by atoms with Crippen molar-refractivity contribution in [3.05, 3.63) is 47.8 Å². The molecule has 0 aliphatic rings. The van der Waals surface area contributed by atoms with E-state index in [1.54, 1.807) is 6.20 Å². The molecule has 5 heteroatoms. The minimum Gasteiger partial charge on any atom is -0.350 e. The smallest absolute Gasteiger partial charge is 0.258 e. The van der Waals surface area contributed by atoms with E-state index in [9.17, 15) is 4.79 Å². The maximum Gasteiger partial charge on any atom is 0.258 e. The summed E-state index contributed by atoms with van der Waals surface area (Å²) < 4.78 is 1.95. The van der Waals surface area contributed by atoms with Crippen LogP contribution in [0.5, 0.6) is 0 Å². The minimum atomic E-state index is -0.135. The van der Waals surface area contributed by atoms with Gasteiger partial charge in [0.2, 0.25) is 0 Å². The van der Waals surface area contributed by atoms with E-state index in [1.165, 1.54) is 0 Å². The van der Waals surface area contributed by atoms with Crippen LogP contribution in [0.4, 0.5) is 5.82 Å². The van der Waals surface area contributed by atoms with E-state index < -0.39 is 0 Å². The van der Waals surface area contributed by atoms with E-state index >= 15 is 0 Å². The van der Waals surface area contributed by atoms with E-state index in [1.807, 2.05) is 49.0 Å². The summed E-state index contributed by atoms with van der Waals surface area (Å²) in [7, 11) is 1.93. The Labute approximate surface area is 110 Å². The third-order valence-electron chi connectivity index (χ3n) is 3.21. The van der Waals surface area contributed by atoms with Crippen LogP contribution in [-0.4, -0.2) is 20.7 Å². The number of fused-ring (bicyclic) bond motifs is 1. The zero-order valence-electron chi connectivity index (χ0n) is 10.8. The van der Waals surface area contributed by atoms with Crippen LogP contribution in [-0.2, 0) is 7.05 Å². The summed E-state index contributed by atoms with van der Waals surface area (Å²) in [5.41, 5.74) is 2.61. The van der Waals surface area contributed by atoms with Gasteiger partial charge in [-0.25, -0.2) is 0 Å². The lowest BCUT2D eigenvalue weighted by molar-refractivity contribution is 0.102. The van der Waals surface area contributed by atoms with Gasteiger partial charge in [0.15, 0.2) is 0 Å². The Bertz CT molecular complexity index is 754. The fourth-order valence-electron chi connectivity index (χ4n) is 2.18. The van der Waals surface area contributed by atoms with Gasteiger partial charge in [0.25, 0.3) is 5.91 Å². The lowest BCUT2D eigenvalue weighted by Crippen LogP contribution is -2.12. The fourth-order valence-corrected chi connectivity index (χ4v) is 2.18. The van der Waals surface area contributed by atoms with Crippen LogP contribution in [0.2, 0.25) is 0 Å². The molecule has 2 N–H and O–H groups in total. The van der Waals surface area contributed by atoms with E-state index in [2.05, 4.69) is 15.5 Å². The second kappa shape index (κ2) is 4.28. The van der Waals surface area contributed by atoms with Crippen molar-refractivity contribution in [3.8, 4) is 0 Å². The first-order valence-corrected chi connectivity index (χ1v) is 6.02. The Morgan fingerprint density at radius 2 is 2.16 bits per heavy atom. The van der Waals surface area contributed by atoms with E-state index in [0.717, 1.165) is 16.5 Å². The fraction of sp³-hybridized carbons (Fsp3) is 0.143. The molecular formula is C14H14N4O. The van der Waals surface area contributed by atoms with Gasteiger partial charge in [-0.05, 0) is 13.0 Å². The number of nitrogens with zero attached hydrogens (tertiary/aromatic N) is 2. The Hall–Kier alpha value is -2.56. The van der Waals surface area contributed by atoms with Crippen LogP contribution in [0.25, 0.3) is 10.9 Å². The molecule has 3 rings (SSSR count). The Morgan fingerprint density at radius 3 is 2.89 bits per heavy atom. The van der Waals surface area contributed by atoms with Crippen molar-refractivity contribution < 1.29 is 4.79 Å². The molecule has 0 saturated carbocycles. The highest BCUT2D eigenvalue weighted by atomic mass is 16.1. The van der Waals surface area contributed by atoms with Gasteiger partial charge >= 0.3 is 0 Å².